The highest BCUT2D eigenvalue weighted by molar-refractivity contribution is 9.10. The third-order valence-electron chi connectivity index (χ3n) is 2.50. The second kappa shape index (κ2) is 4.35. The van der Waals surface area contributed by atoms with Crippen molar-refractivity contribution in [3.8, 4) is 0 Å². The lowest BCUT2D eigenvalue weighted by atomic mass is 10.2. The SMILES string of the molecule is Cn1c(CCN)nc2cc(Br)ccc2c1=O. The molecule has 4 nitrogen and oxygen atoms in total. The van der Waals surface area contributed by atoms with Crippen molar-refractivity contribution in [2.45, 2.75) is 6.42 Å². The quantitative estimate of drug-likeness (QED) is 0.900. The molecule has 0 bridgehead atoms. The molecule has 84 valence electrons. The number of fused-ring (bicyclic) bond motifs is 1. The van der Waals surface area contributed by atoms with Crippen LogP contribution in [0, 0.1) is 0 Å². The number of hydrogen-bond acceptors (Lipinski definition) is 3. The maximum absolute atomic E-state index is 12.0. The first kappa shape index (κ1) is 11.3. The summed E-state index contributed by atoms with van der Waals surface area (Å²) in [5.41, 5.74) is 6.17. The molecule has 0 fully saturated rings. The van der Waals surface area contributed by atoms with E-state index in [0.29, 0.717) is 23.9 Å². The Labute approximate surface area is 101 Å². The average Bonchev–Trinajstić information content (AvgIpc) is 2.25. The molecule has 2 N–H and O–H groups in total. The number of halogens is 1. The summed E-state index contributed by atoms with van der Waals surface area (Å²) in [5, 5.41) is 0.631. The molecular weight excluding hydrogens is 270 g/mol. The van der Waals surface area contributed by atoms with Crippen LogP contribution in [-0.2, 0) is 13.5 Å². The van der Waals surface area contributed by atoms with Crippen LogP contribution in [0.5, 0.6) is 0 Å². The lowest BCUT2D eigenvalue weighted by Crippen LogP contribution is -2.24. The maximum atomic E-state index is 12.0. The van der Waals surface area contributed by atoms with E-state index in [2.05, 4.69) is 20.9 Å². The minimum Gasteiger partial charge on any atom is -0.330 e. The van der Waals surface area contributed by atoms with Gasteiger partial charge in [-0.1, -0.05) is 15.9 Å². The third-order valence-corrected chi connectivity index (χ3v) is 2.99. The van der Waals surface area contributed by atoms with Crippen LogP contribution < -0.4 is 11.3 Å². The molecule has 0 spiro atoms. The van der Waals surface area contributed by atoms with Gasteiger partial charge < -0.3 is 5.73 Å². The second-order valence-electron chi connectivity index (χ2n) is 3.59. The van der Waals surface area contributed by atoms with Gasteiger partial charge in [-0.15, -0.1) is 0 Å². The predicted octanol–water partition coefficient (Wildman–Crippen LogP) is 1.20. The zero-order valence-corrected chi connectivity index (χ0v) is 10.5. The number of rotatable bonds is 2. The van der Waals surface area contributed by atoms with Gasteiger partial charge in [0.2, 0.25) is 0 Å². The maximum Gasteiger partial charge on any atom is 0.261 e. The molecule has 0 saturated heterocycles. The van der Waals surface area contributed by atoms with E-state index in [1.807, 2.05) is 12.1 Å². The minimum absolute atomic E-state index is 0.0269. The van der Waals surface area contributed by atoms with Crippen LogP contribution in [0.4, 0.5) is 0 Å². The summed E-state index contributed by atoms with van der Waals surface area (Å²) in [6.07, 6.45) is 0.605. The first-order valence-electron chi connectivity index (χ1n) is 4.98. The Bertz CT molecular complexity index is 592. The molecule has 0 amide bonds. The van der Waals surface area contributed by atoms with Gasteiger partial charge in [-0.2, -0.15) is 0 Å². The Morgan fingerprint density at radius 1 is 1.50 bits per heavy atom. The molecule has 2 aromatic rings. The average molecular weight is 282 g/mol. The van der Waals surface area contributed by atoms with Crippen LogP contribution in [0.15, 0.2) is 27.5 Å². The molecule has 1 aromatic carbocycles. The van der Waals surface area contributed by atoms with Gasteiger partial charge in [0.1, 0.15) is 5.82 Å². The van der Waals surface area contributed by atoms with E-state index in [0.717, 1.165) is 10.3 Å². The van der Waals surface area contributed by atoms with Crippen molar-refractivity contribution in [3.05, 3.63) is 38.9 Å². The van der Waals surface area contributed by atoms with Crippen molar-refractivity contribution in [2.75, 3.05) is 6.54 Å². The third kappa shape index (κ3) is 1.88. The first-order valence-corrected chi connectivity index (χ1v) is 5.78. The van der Waals surface area contributed by atoms with Crippen molar-refractivity contribution in [1.29, 1.82) is 0 Å². The van der Waals surface area contributed by atoms with Crippen molar-refractivity contribution in [3.63, 3.8) is 0 Å². The Morgan fingerprint density at radius 2 is 2.25 bits per heavy atom. The number of hydrogen-bond donors (Lipinski definition) is 1. The summed E-state index contributed by atoms with van der Waals surface area (Å²) in [4.78, 5) is 16.4. The number of aromatic nitrogens is 2. The lowest BCUT2D eigenvalue weighted by Gasteiger charge is -2.08. The largest absolute Gasteiger partial charge is 0.330 e. The molecule has 0 aliphatic rings. The Hall–Kier alpha value is -1.20. The van der Waals surface area contributed by atoms with Gasteiger partial charge >= 0.3 is 0 Å². The summed E-state index contributed by atoms with van der Waals surface area (Å²) < 4.78 is 2.47. The van der Waals surface area contributed by atoms with Gasteiger partial charge in [0, 0.05) is 17.9 Å². The van der Waals surface area contributed by atoms with Gasteiger partial charge in [0.15, 0.2) is 0 Å². The van der Waals surface area contributed by atoms with E-state index in [9.17, 15) is 4.79 Å². The lowest BCUT2D eigenvalue weighted by molar-refractivity contribution is 0.731. The number of benzene rings is 1. The van der Waals surface area contributed by atoms with Gasteiger partial charge in [-0.05, 0) is 24.7 Å². The first-order chi connectivity index (χ1) is 7.63. The fourth-order valence-electron chi connectivity index (χ4n) is 1.64. The van der Waals surface area contributed by atoms with Crippen LogP contribution in [0.1, 0.15) is 5.82 Å². The van der Waals surface area contributed by atoms with E-state index in [1.54, 1.807) is 17.7 Å². The minimum atomic E-state index is -0.0269. The highest BCUT2D eigenvalue weighted by Crippen LogP contribution is 2.15. The summed E-state index contributed by atoms with van der Waals surface area (Å²) in [6.45, 7) is 0.486. The normalized spacial score (nSPS) is 10.9. The molecule has 1 heterocycles. The summed E-state index contributed by atoms with van der Waals surface area (Å²) in [6, 6.07) is 5.46. The molecular formula is C11H12BrN3O. The van der Waals surface area contributed by atoms with Gasteiger partial charge in [0.05, 0.1) is 10.9 Å². The van der Waals surface area contributed by atoms with Crippen molar-refractivity contribution >= 4 is 26.8 Å². The zero-order valence-electron chi connectivity index (χ0n) is 8.90. The Kier molecular flexibility index (Phi) is 3.07. The van der Waals surface area contributed by atoms with Crippen LogP contribution in [0.2, 0.25) is 0 Å². The van der Waals surface area contributed by atoms with E-state index in [4.69, 9.17) is 5.73 Å². The van der Waals surface area contributed by atoms with E-state index >= 15 is 0 Å². The van der Waals surface area contributed by atoms with Crippen molar-refractivity contribution < 1.29 is 0 Å². The van der Waals surface area contributed by atoms with Gasteiger partial charge in [0.25, 0.3) is 5.56 Å². The monoisotopic (exact) mass is 281 g/mol. The summed E-state index contributed by atoms with van der Waals surface area (Å²) >= 11 is 3.37. The highest BCUT2D eigenvalue weighted by Gasteiger charge is 2.07. The smallest absolute Gasteiger partial charge is 0.261 e. The molecule has 0 saturated carbocycles. The molecule has 16 heavy (non-hydrogen) atoms. The summed E-state index contributed by atoms with van der Waals surface area (Å²) in [5.74, 6) is 0.720. The molecule has 2 rings (SSSR count). The van der Waals surface area contributed by atoms with Crippen molar-refractivity contribution in [2.24, 2.45) is 12.8 Å². The van der Waals surface area contributed by atoms with Gasteiger partial charge in [-0.25, -0.2) is 4.98 Å². The van der Waals surface area contributed by atoms with Crippen LogP contribution >= 0.6 is 15.9 Å². The molecule has 0 unspecified atom stereocenters. The number of nitrogens with zero attached hydrogens (tertiary/aromatic N) is 2. The standard InChI is InChI=1S/C11H12BrN3O/c1-15-10(4-5-13)14-9-6-7(12)2-3-8(9)11(15)16/h2-3,6H,4-5,13H2,1H3. The highest BCUT2D eigenvalue weighted by atomic mass is 79.9. The van der Waals surface area contributed by atoms with E-state index < -0.39 is 0 Å². The van der Waals surface area contributed by atoms with Crippen LogP contribution in [-0.4, -0.2) is 16.1 Å². The zero-order chi connectivity index (χ0) is 11.7. The molecule has 0 radical (unpaired) electrons. The van der Waals surface area contributed by atoms with Crippen LogP contribution in [0.3, 0.4) is 0 Å². The molecule has 0 aliphatic carbocycles. The molecule has 1 aromatic heterocycles. The molecule has 0 aliphatic heterocycles. The van der Waals surface area contributed by atoms with E-state index in [1.165, 1.54) is 0 Å². The van der Waals surface area contributed by atoms with Crippen molar-refractivity contribution in [1.82, 2.24) is 9.55 Å². The fourth-order valence-corrected chi connectivity index (χ4v) is 1.99. The Morgan fingerprint density at radius 3 is 2.94 bits per heavy atom. The second-order valence-corrected chi connectivity index (χ2v) is 4.51. The van der Waals surface area contributed by atoms with E-state index in [-0.39, 0.29) is 5.56 Å². The number of nitrogens with two attached hydrogens (primary N) is 1. The van der Waals surface area contributed by atoms with Gasteiger partial charge in [-0.3, -0.25) is 9.36 Å². The Balaban J connectivity index is 2.78. The molecule has 0 atom stereocenters. The topological polar surface area (TPSA) is 60.9 Å². The van der Waals surface area contributed by atoms with Crippen LogP contribution in [0.25, 0.3) is 10.9 Å². The summed E-state index contributed by atoms with van der Waals surface area (Å²) in [7, 11) is 1.72. The predicted molar refractivity (Wildman–Crippen MR) is 67.4 cm³/mol. The molecule has 5 heteroatoms. The fraction of sp³-hybridized carbons (Fsp3) is 0.273.